The molecule has 4 aliphatic heterocycles. The molecule has 0 spiro atoms. The summed E-state index contributed by atoms with van der Waals surface area (Å²) < 4.78 is 34.5. The van der Waals surface area contributed by atoms with Gasteiger partial charge in [-0.3, -0.25) is 38.6 Å². The predicted molar refractivity (Wildman–Crippen MR) is 141 cm³/mol. The number of carbonyl (C=O) groups excluding carboxylic acids is 6. The third kappa shape index (κ3) is 9.33. The van der Waals surface area contributed by atoms with Gasteiger partial charge in [0.15, 0.2) is 0 Å². The molecule has 0 radical (unpaired) electrons. The lowest BCUT2D eigenvalue weighted by molar-refractivity contribution is -0.139. The lowest BCUT2D eigenvalue weighted by Crippen LogP contribution is -2.50. The van der Waals surface area contributed by atoms with Crippen molar-refractivity contribution >= 4 is 46.1 Å². The zero-order chi connectivity index (χ0) is 32.6. The number of piperidine rings is 2. The normalized spacial score (nSPS) is 24.0. The van der Waals surface area contributed by atoms with Crippen LogP contribution in [0.25, 0.3) is 0 Å². The van der Waals surface area contributed by atoms with E-state index in [1.54, 1.807) is 0 Å². The minimum absolute atomic E-state index is 0.0482. The summed E-state index contributed by atoms with van der Waals surface area (Å²) in [6.07, 6.45) is 1.65. The van der Waals surface area contributed by atoms with Crippen molar-refractivity contribution in [2.75, 3.05) is 39.4 Å². The molecule has 6 N–H and O–H groups in total. The summed E-state index contributed by atoms with van der Waals surface area (Å²) in [6.45, 7) is 3.86. The summed E-state index contributed by atoms with van der Waals surface area (Å²) in [5.74, 6) is -1.40. The quantitative estimate of drug-likeness (QED) is 0.0532. The molecule has 4 rings (SSSR count). The molecule has 22 heteroatoms. The van der Waals surface area contributed by atoms with Crippen LogP contribution in [0.5, 0.6) is 0 Å². The number of hydroxylamine groups is 6. The summed E-state index contributed by atoms with van der Waals surface area (Å²) in [4.78, 5) is 81.4. The second-order valence-corrected chi connectivity index (χ2v) is 11.1. The summed E-state index contributed by atoms with van der Waals surface area (Å²) >= 11 is 0. The summed E-state index contributed by atoms with van der Waals surface area (Å²) in [5.41, 5.74) is 4.44. The number of amides is 8. The first-order valence-corrected chi connectivity index (χ1v) is 14.9. The van der Waals surface area contributed by atoms with Crippen LogP contribution in [0, 0.1) is 0 Å². The Balaban J connectivity index is 0.000000244. The molecule has 4 aliphatic rings. The highest BCUT2D eigenvalue weighted by molar-refractivity contribution is 7.80. The average Bonchev–Trinajstić information content (AvgIpc) is 3.31. The van der Waals surface area contributed by atoms with E-state index >= 15 is 0 Å². The molecule has 0 aromatic carbocycles. The third-order valence-electron chi connectivity index (χ3n) is 6.95. The molecule has 0 aromatic heterocycles. The lowest BCUT2D eigenvalue weighted by Gasteiger charge is -2.28. The molecule has 0 saturated carbocycles. The van der Waals surface area contributed by atoms with E-state index in [1.165, 1.54) is 18.7 Å². The van der Waals surface area contributed by atoms with Crippen LogP contribution in [0.1, 0.15) is 39.5 Å². The Labute approximate surface area is 251 Å². The van der Waals surface area contributed by atoms with Crippen LogP contribution in [0.15, 0.2) is 0 Å². The van der Waals surface area contributed by atoms with E-state index in [9.17, 15) is 42.4 Å². The maximum atomic E-state index is 12.1. The Kier molecular flexibility index (Phi) is 12.0. The molecule has 4 saturated heterocycles. The average molecular weight is 653 g/mol. The molecule has 4 atom stereocenters. The predicted octanol–water partition coefficient (Wildman–Crippen LogP) is -3.00. The molecule has 21 nitrogen and oxygen atoms in total. The molecule has 248 valence electrons. The zero-order valence-corrected chi connectivity index (χ0v) is 24.8. The summed E-state index contributed by atoms with van der Waals surface area (Å²) in [7, 11) is -4.83. The van der Waals surface area contributed by atoms with Crippen LogP contribution in [-0.4, -0.2) is 137 Å². The van der Waals surface area contributed by atoms with Gasteiger partial charge in [-0.1, -0.05) is 0 Å². The van der Waals surface area contributed by atoms with E-state index < -0.39 is 52.4 Å². The van der Waals surface area contributed by atoms with Crippen molar-refractivity contribution in [3.63, 3.8) is 0 Å². The first kappa shape index (κ1) is 34.7. The number of carbonyl (C=O) groups is 6. The van der Waals surface area contributed by atoms with Crippen LogP contribution in [0.4, 0.5) is 9.59 Å². The standard InChI is InChI=1S/C11H18N4O8S.C11H18N4O5/c1-7(16)12-4-5-22-13-10(17)9-3-2-8-6-14(9)11(18)15(8)23-24(19,20)21;1-7(16)12-4-5-20-13-10(17)9-3-2-8-6-14(9)11(18)15(8)19/h8-9H,2-6H2,1H3,(H,12,16)(H,13,17)(H,19,20,21);8-9,19H,2-6H2,1H3,(H,12,16)(H,13,17)/t2*8-,9+/m11/s1. The van der Waals surface area contributed by atoms with Crippen molar-refractivity contribution in [1.29, 1.82) is 0 Å². The highest BCUT2D eigenvalue weighted by atomic mass is 32.3. The number of hydrogen-bond acceptors (Lipinski definition) is 12. The van der Waals surface area contributed by atoms with E-state index in [0.29, 0.717) is 35.9 Å². The highest BCUT2D eigenvalue weighted by Crippen LogP contribution is 2.31. The third-order valence-corrected chi connectivity index (χ3v) is 7.30. The summed E-state index contributed by atoms with van der Waals surface area (Å²) in [5, 5.41) is 15.7. The van der Waals surface area contributed by atoms with Crippen LogP contribution in [-0.2, 0) is 43.5 Å². The molecular weight excluding hydrogens is 616 g/mol. The minimum Gasteiger partial charge on any atom is -0.354 e. The Bertz CT molecular complexity index is 1220. The molecule has 0 aliphatic carbocycles. The lowest BCUT2D eigenvalue weighted by atomic mass is 10.0. The van der Waals surface area contributed by atoms with Gasteiger partial charge in [-0.25, -0.2) is 25.6 Å². The van der Waals surface area contributed by atoms with Crippen molar-refractivity contribution in [3.05, 3.63) is 0 Å². The molecular formula is C22H36N8O13S. The van der Waals surface area contributed by atoms with E-state index in [1.807, 2.05) is 0 Å². The molecule has 0 aromatic rings. The molecule has 44 heavy (non-hydrogen) atoms. The molecule has 0 unspecified atom stereocenters. The number of nitrogens with one attached hydrogen (secondary N) is 4. The smallest absolute Gasteiger partial charge is 0.354 e. The molecule has 4 heterocycles. The summed E-state index contributed by atoms with van der Waals surface area (Å²) in [6, 6.07) is -3.64. The Morgan fingerprint density at radius 1 is 0.795 bits per heavy atom. The fraction of sp³-hybridized carbons (Fsp3) is 0.727. The van der Waals surface area contributed by atoms with Gasteiger partial charge < -0.3 is 20.4 Å². The van der Waals surface area contributed by atoms with Gasteiger partial charge in [0.25, 0.3) is 11.8 Å². The number of nitrogens with zero attached hydrogens (tertiary/aromatic N) is 4. The topological polar surface area (TPSA) is 266 Å². The van der Waals surface area contributed by atoms with Gasteiger partial charge in [0.05, 0.1) is 25.3 Å². The van der Waals surface area contributed by atoms with Crippen molar-refractivity contribution in [3.8, 4) is 0 Å². The molecule has 8 amide bonds. The van der Waals surface area contributed by atoms with Gasteiger partial charge in [0.2, 0.25) is 11.8 Å². The van der Waals surface area contributed by atoms with Crippen LogP contribution in [0.2, 0.25) is 0 Å². The minimum atomic E-state index is -4.83. The van der Waals surface area contributed by atoms with E-state index in [2.05, 4.69) is 25.9 Å². The highest BCUT2D eigenvalue weighted by Gasteiger charge is 2.49. The number of rotatable bonds is 12. The largest absolute Gasteiger partial charge is 0.418 e. The second-order valence-electron chi connectivity index (χ2n) is 10.1. The Morgan fingerprint density at radius 3 is 1.73 bits per heavy atom. The fourth-order valence-electron chi connectivity index (χ4n) is 4.96. The van der Waals surface area contributed by atoms with Gasteiger partial charge in [0, 0.05) is 40.0 Å². The monoisotopic (exact) mass is 652 g/mol. The zero-order valence-electron chi connectivity index (χ0n) is 24.0. The van der Waals surface area contributed by atoms with E-state index in [0.717, 1.165) is 4.90 Å². The van der Waals surface area contributed by atoms with Crippen molar-refractivity contribution in [1.82, 2.24) is 41.5 Å². The fourth-order valence-corrected chi connectivity index (χ4v) is 5.35. The van der Waals surface area contributed by atoms with Crippen molar-refractivity contribution in [2.24, 2.45) is 0 Å². The molecule has 4 bridgehead atoms. The number of hydrogen-bond donors (Lipinski definition) is 6. The first-order chi connectivity index (χ1) is 20.7. The van der Waals surface area contributed by atoms with E-state index in [4.69, 9.17) is 14.2 Å². The maximum absolute atomic E-state index is 12.1. The van der Waals surface area contributed by atoms with Gasteiger partial charge in [-0.05, 0) is 25.7 Å². The van der Waals surface area contributed by atoms with Crippen molar-refractivity contribution < 1.29 is 60.9 Å². The van der Waals surface area contributed by atoms with Gasteiger partial charge in [-0.2, -0.15) is 13.5 Å². The van der Waals surface area contributed by atoms with Gasteiger partial charge >= 0.3 is 22.5 Å². The van der Waals surface area contributed by atoms with Gasteiger partial charge in [-0.15, -0.1) is 4.28 Å². The van der Waals surface area contributed by atoms with Gasteiger partial charge in [0.1, 0.15) is 12.1 Å². The van der Waals surface area contributed by atoms with E-state index in [-0.39, 0.29) is 57.1 Å². The number of fused-ring (bicyclic) bond motifs is 4. The first-order valence-electron chi connectivity index (χ1n) is 13.6. The Morgan fingerprint density at radius 2 is 1.25 bits per heavy atom. The molecule has 4 fully saturated rings. The number of urea groups is 2. The second kappa shape index (κ2) is 15.3. The van der Waals surface area contributed by atoms with Crippen LogP contribution >= 0.6 is 0 Å². The SMILES string of the molecule is CC(=O)NCCONC(=O)[C@@H]1CC[C@@H]2CN1C(=O)N2O.CC(=O)NCCONC(=O)[C@@H]1CC[C@@H]2CN1C(=O)N2OS(=O)(=O)O. The maximum Gasteiger partial charge on any atom is 0.418 e. The van der Waals surface area contributed by atoms with Crippen LogP contribution < -0.4 is 21.6 Å². The van der Waals surface area contributed by atoms with Crippen LogP contribution in [0.3, 0.4) is 0 Å². The van der Waals surface area contributed by atoms with Crippen molar-refractivity contribution in [2.45, 2.75) is 63.7 Å². The Hall–Kier alpha value is -3.83.